The number of hydrogen-bond donors (Lipinski definition) is 0. The zero-order valence-electron chi connectivity index (χ0n) is 8.32. The van der Waals surface area contributed by atoms with Gasteiger partial charge in [0, 0.05) is 11.3 Å². The minimum absolute atomic E-state index is 0.146. The minimum Gasteiger partial charge on any atom is -0.303 e. The molecular formula is C11H12F2OS. The van der Waals surface area contributed by atoms with Crippen LogP contribution in [0, 0.1) is 0 Å². The lowest BCUT2D eigenvalue weighted by Crippen LogP contribution is -1.93. The van der Waals surface area contributed by atoms with Gasteiger partial charge in [-0.3, -0.25) is 0 Å². The van der Waals surface area contributed by atoms with Crippen molar-refractivity contribution in [1.29, 1.82) is 0 Å². The number of aldehydes is 1. The van der Waals surface area contributed by atoms with Gasteiger partial charge in [0.1, 0.15) is 6.29 Å². The molecule has 0 fully saturated rings. The van der Waals surface area contributed by atoms with Gasteiger partial charge in [0.25, 0.3) is 5.76 Å². The van der Waals surface area contributed by atoms with Crippen LogP contribution in [0.3, 0.4) is 0 Å². The molecule has 15 heavy (non-hydrogen) atoms. The van der Waals surface area contributed by atoms with Crippen molar-refractivity contribution in [3.05, 3.63) is 29.8 Å². The monoisotopic (exact) mass is 230 g/mol. The molecule has 0 aromatic heterocycles. The summed E-state index contributed by atoms with van der Waals surface area (Å²) in [5.41, 5.74) is 1.00. The molecule has 0 saturated carbocycles. The van der Waals surface area contributed by atoms with E-state index >= 15 is 0 Å². The van der Waals surface area contributed by atoms with Gasteiger partial charge in [-0.05, 0) is 23.6 Å². The number of benzene rings is 1. The number of rotatable bonds is 5. The van der Waals surface area contributed by atoms with Crippen LogP contribution in [0.1, 0.15) is 24.8 Å². The Morgan fingerprint density at radius 1 is 1.33 bits per heavy atom. The summed E-state index contributed by atoms with van der Waals surface area (Å²) in [6.07, 6.45) is 1.33. The SMILES string of the molecule is CC(CC=O)c1ccc(SC(F)F)cc1. The summed E-state index contributed by atoms with van der Waals surface area (Å²) < 4.78 is 24.0. The van der Waals surface area contributed by atoms with E-state index in [2.05, 4.69) is 0 Å². The maximum Gasteiger partial charge on any atom is 0.288 e. The van der Waals surface area contributed by atoms with Gasteiger partial charge in [0.2, 0.25) is 0 Å². The second-order valence-corrected chi connectivity index (χ2v) is 4.31. The molecule has 0 aliphatic rings. The predicted molar refractivity (Wildman–Crippen MR) is 57.4 cm³/mol. The molecule has 1 atom stereocenters. The standard InChI is InChI=1S/C11H12F2OS/c1-8(6-7-14)9-2-4-10(5-3-9)15-11(12)13/h2-5,7-8,11H,6H2,1H3. The Morgan fingerprint density at radius 2 is 1.93 bits per heavy atom. The van der Waals surface area contributed by atoms with E-state index in [1.807, 2.05) is 6.92 Å². The van der Waals surface area contributed by atoms with Gasteiger partial charge in [-0.2, -0.15) is 8.78 Å². The Morgan fingerprint density at radius 3 is 2.40 bits per heavy atom. The van der Waals surface area contributed by atoms with Crippen LogP contribution < -0.4 is 0 Å². The highest BCUT2D eigenvalue weighted by molar-refractivity contribution is 7.99. The normalized spacial score (nSPS) is 12.8. The molecule has 0 saturated heterocycles. The lowest BCUT2D eigenvalue weighted by Gasteiger charge is -2.08. The number of thioether (sulfide) groups is 1. The van der Waals surface area contributed by atoms with E-state index in [1.165, 1.54) is 0 Å². The topological polar surface area (TPSA) is 17.1 Å². The quantitative estimate of drug-likeness (QED) is 0.566. The summed E-state index contributed by atoms with van der Waals surface area (Å²) in [6.45, 7) is 1.93. The summed E-state index contributed by atoms with van der Waals surface area (Å²) >= 11 is 0.529. The predicted octanol–water partition coefficient (Wildman–Crippen LogP) is 3.69. The van der Waals surface area contributed by atoms with Gasteiger partial charge in [0.15, 0.2) is 0 Å². The Balaban J connectivity index is 2.67. The van der Waals surface area contributed by atoms with Gasteiger partial charge >= 0.3 is 0 Å². The van der Waals surface area contributed by atoms with Crippen LogP contribution in [0.15, 0.2) is 29.2 Å². The van der Waals surface area contributed by atoms with Crippen LogP contribution in [0.5, 0.6) is 0 Å². The maximum atomic E-state index is 12.0. The van der Waals surface area contributed by atoms with Crippen LogP contribution in [-0.4, -0.2) is 12.0 Å². The number of carbonyl (C=O) groups excluding carboxylic acids is 1. The highest BCUT2D eigenvalue weighted by atomic mass is 32.2. The summed E-state index contributed by atoms with van der Waals surface area (Å²) in [5, 5.41) is 0. The Labute approximate surface area is 91.9 Å². The number of hydrogen-bond acceptors (Lipinski definition) is 2. The second kappa shape index (κ2) is 5.85. The Kier molecular flexibility index (Phi) is 4.75. The van der Waals surface area contributed by atoms with Gasteiger partial charge in [0.05, 0.1) is 0 Å². The first-order valence-electron chi connectivity index (χ1n) is 4.62. The van der Waals surface area contributed by atoms with E-state index in [-0.39, 0.29) is 5.92 Å². The lowest BCUT2D eigenvalue weighted by atomic mass is 9.99. The Bertz CT molecular complexity index is 311. The molecule has 4 heteroatoms. The third-order valence-electron chi connectivity index (χ3n) is 2.12. The fraction of sp³-hybridized carbons (Fsp3) is 0.364. The minimum atomic E-state index is -2.39. The van der Waals surface area contributed by atoms with Gasteiger partial charge in [-0.1, -0.05) is 30.8 Å². The molecule has 0 aliphatic heterocycles. The van der Waals surface area contributed by atoms with Gasteiger partial charge in [-0.15, -0.1) is 0 Å². The van der Waals surface area contributed by atoms with Gasteiger partial charge < -0.3 is 4.79 Å². The number of alkyl halides is 2. The third-order valence-corrected chi connectivity index (χ3v) is 2.85. The molecule has 0 aliphatic carbocycles. The van der Waals surface area contributed by atoms with E-state index in [0.29, 0.717) is 23.1 Å². The smallest absolute Gasteiger partial charge is 0.288 e. The van der Waals surface area contributed by atoms with Crippen molar-refractivity contribution in [2.45, 2.75) is 29.9 Å². The lowest BCUT2D eigenvalue weighted by molar-refractivity contribution is -0.108. The Hall–Kier alpha value is -0.900. The van der Waals surface area contributed by atoms with Crippen LogP contribution in [-0.2, 0) is 4.79 Å². The zero-order valence-corrected chi connectivity index (χ0v) is 9.14. The van der Waals surface area contributed by atoms with Crippen molar-refractivity contribution >= 4 is 18.0 Å². The fourth-order valence-corrected chi connectivity index (χ4v) is 1.76. The molecule has 1 unspecified atom stereocenters. The molecule has 0 radical (unpaired) electrons. The molecule has 0 spiro atoms. The summed E-state index contributed by atoms with van der Waals surface area (Å²) in [5.74, 6) is -2.24. The molecule has 0 heterocycles. The second-order valence-electron chi connectivity index (χ2n) is 3.25. The number of halogens is 2. The van der Waals surface area contributed by atoms with Gasteiger partial charge in [-0.25, -0.2) is 0 Å². The fourth-order valence-electron chi connectivity index (χ4n) is 1.26. The van der Waals surface area contributed by atoms with Crippen molar-refractivity contribution in [3.8, 4) is 0 Å². The first-order chi connectivity index (χ1) is 7.13. The molecule has 0 bridgehead atoms. The molecule has 0 amide bonds. The van der Waals surface area contributed by atoms with Crippen molar-refractivity contribution in [2.24, 2.45) is 0 Å². The summed E-state index contributed by atoms with van der Waals surface area (Å²) in [6, 6.07) is 6.90. The zero-order chi connectivity index (χ0) is 11.3. The average molecular weight is 230 g/mol. The highest BCUT2D eigenvalue weighted by Crippen LogP contribution is 2.27. The average Bonchev–Trinajstić information content (AvgIpc) is 2.18. The van der Waals surface area contributed by atoms with E-state index < -0.39 is 5.76 Å². The molecule has 1 nitrogen and oxygen atoms in total. The highest BCUT2D eigenvalue weighted by Gasteiger charge is 2.07. The summed E-state index contributed by atoms with van der Waals surface area (Å²) in [4.78, 5) is 10.8. The van der Waals surface area contributed by atoms with E-state index in [4.69, 9.17) is 0 Å². The van der Waals surface area contributed by atoms with Crippen LogP contribution in [0.2, 0.25) is 0 Å². The van der Waals surface area contributed by atoms with E-state index in [0.717, 1.165) is 11.8 Å². The third kappa shape index (κ3) is 4.00. The number of carbonyl (C=O) groups is 1. The largest absolute Gasteiger partial charge is 0.303 e. The first-order valence-corrected chi connectivity index (χ1v) is 5.50. The van der Waals surface area contributed by atoms with Crippen molar-refractivity contribution in [1.82, 2.24) is 0 Å². The molecule has 0 N–H and O–H groups in total. The van der Waals surface area contributed by atoms with Crippen LogP contribution >= 0.6 is 11.8 Å². The molecule has 1 aromatic rings. The van der Waals surface area contributed by atoms with Crippen molar-refractivity contribution in [2.75, 3.05) is 0 Å². The first kappa shape index (κ1) is 12.2. The molecule has 1 aromatic carbocycles. The summed E-state index contributed by atoms with van der Waals surface area (Å²) in [7, 11) is 0. The molecule has 1 rings (SSSR count). The maximum absolute atomic E-state index is 12.0. The van der Waals surface area contributed by atoms with E-state index in [9.17, 15) is 13.6 Å². The molecule has 82 valence electrons. The van der Waals surface area contributed by atoms with Crippen molar-refractivity contribution in [3.63, 3.8) is 0 Å². The van der Waals surface area contributed by atoms with Crippen LogP contribution in [0.4, 0.5) is 8.78 Å². The van der Waals surface area contributed by atoms with Crippen molar-refractivity contribution < 1.29 is 13.6 Å². The van der Waals surface area contributed by atoms with E-state index in [1.54, 1.807) is 24.3 Å². The molecular weight excluding hydrogens is 218 g/mol. The van der Waals surface area contributed by atoms with Crippen LogP contribution in [0.25, 0.3) is 0 Å².